The van der Waals surface area contributed by atoms with Gasteiger partial charge in [-0.15, -0.1) is 0 Å². The summed E-state index contributed by atoms with van der Waals surface area (Å²) in [6.07, 6.45) is 3.53. The maximum absolute atomic E-state index is 9.44. The number of methoxy groups -OCH3 is 1. The maximum atomic E-state index is 9.44. The van der Waals surface area contributed by atoms with Crippen LogP contribution in [-0.4, -0.2) is 36.3 Å². The molecule has 1 aromatic rings. The molecule has 106 valence electrons. The standard InChI is InChI=1S/C15H24N2O2/c1-19-15-8-12(5-6-13(15)9-16)10-17-7-3-2-4-14(17)11-18/h5-6,8,14,18H,2-4,7,9-11,16H2,1H3. The summed E-state index contributed by atoms with van der Waals surface area (Å²) >= 11 is 0. The van der Waals surface area contributed by atoms with Crippen LogP contribution in [0.25, 0.3) is 0 Å². The molecule has 19 heavy (non-hydrogen) atoms. The molecule has 1 atom stereocenters. The molecule has 4 nitrogen and oxygen atoms in total. The quantitative estimate of drug-likeness (QED) is 0.846. The van der Waals surface area contributed by atoms with Crippen LogP contribution in [0.2, 0.25) is 0 Å². The number of piperidine rings is 1. The fourth-order valence-electron chi connectivity index (χ4n) is 2.77. The second-order valence-corrected chi connectivity index (χ2v) is 5.15. The minimum atomic E-state index is 0.248. The first-order valence-corrected chi connectivity index (χ1v) is 6.99. The van der Waals surface area contributed by atoms with Crippen molar-refractivity contribution in [1.29, 1.82) is 0 Å². The Morgan fingerprint density at radius 2 is 2.26 bits per heavy atom. The largest absolute Gasteiger partial charge is 0.496 e. The number of likely N-dealkylation sites (tertiary alicyclic amines) is 1. The summed E-state index contributed by atoms with van der Waals surface area (Å²) in [6, 6.07) is 6.50. The average molecular weight is 264 g/mol. The van der Waals surface area contributed by atoms with Gasteiger partial charge in [-0.3, -0.25) is 4.90 Å². The highest BCUT2D eigenvalue weighted by atomic mass is 16.5. The molecule has 2 rings (SSSR count). The number of ether oxygens (including phenoxy) is 1. The Bertz CT molecular complexity index is 409. The Morgan fingerprint density at radius 3 is 2.95 bits per heavy atom. The molecule has 0 aliphatic carbocycles. The molecular formula is C15H24N2O2. The molecule has 1 saturated heterocycles. The van der Waals surface area contributed by atoms with Crippen LogP contribution >= 0.6 is 0 Å². The van der Waals surface area contributed by atoms with Crippen LogP contribution in [0.3, 0.4) is 0 Å². The minimum Gasteiger partial charge on any atom is -0.496 e. The van der Waals surface area contributed by atoms with Crippen LogP contribution in [0.4, 0.5) is 0 Å². The van der Waals surface area contributed by atoms with Crippen LogP contribution in [0.15, 0.2) is 18.2 Å². The Labute approximate surface area is 115 Å². The predicted octanol–water partition coefficient (Wildman–Crippen LogP) is 1.50. The van der Waals surface area contributed by atoms with E-state index < -0.39 is 0 Å². The number of benzene rings is 1. The van der Waals surface area contributed by atoms with E-state index in [0.29, 0.717) is 12.6 Å². The van der Waals surface area contributed by atoms with E-state index in [1.165, 1.54) is 18.4 Å². The molecule has 0 spiro atoms. The van der Waals surface area contributed by atoms with E-state index in [1.807, 2.05) is 6.07 Å². The highest BCUT2D eigenvalue weighted by Gasteiger charge is 2.21. The van der Waals surface area contributed by atoms with Gasteiger partial charge in [0.1, 0.15) is 5.75 Å². The Balaban J connectivity index is 2.09. The molecule has 1 fully saturated rings. The second kappa shape index (κ2) is 6.89. The van der Waals surface area contributed by atoms with Crippen molar-refractivity contribution in [3.63, 3.8) is 0 Å². The van der Waals surface area contributed by atoms with Gasteiger partial charge in [-0.1, -0.05) is 18.6 Å². The van der Waals surface area contributed by atoms with E-state index >= 15 is 0 Å². The first-order valence-electron chi connectivity index (χ1n) is 6.99. The summed E-state index contributed by atoms with van der Waals surface area (Å²) in [4.78, 5) is 2.36. The van der Waals surface area contributed by atoms with E-state index in [2.05, 4.69) is 17.0 Å². The van der Waals surface area contributed by atoms with E-state index in [-0.39, 0.29) is 6.61 Å². The number of nitrogens with two attached hydrogens (primary N) is 1. The summed E-state index contributed by atoms with van der Waals surface area (Å²) in [5, 5.41) is 9.44. The van der Waals surface area contributed by atoms with Crippen LogP contribution in [0, 0.1) is 0 Å². The third kappa shape index (κ3) is 3.47. The summed E-state index contributed by atoms with van der Waals surface area (Å²) in [5.74, 6) is 0.859. The molecule has 0 saturated carbocycles. The molecule has 4 heteroatoms. The molecule has 3 N–H and O–H groups in total. The zero-order chi connectivity index (χ0) is 13.7. The lowest BCUT2D eigenvalue weighted by atomic mass is 10.0. The van der Waals surface area contributed by atoms with Gasteiger partial charge in [0.05, 0.1) is 13.7 Å². The monoisotopic (exact) mass is 264 g/mol. The minimum absolute atomic E-state index is 0.248. The van der Waals surface area contributed by atoms with Crippen LogP contribution < -0.4 is 10.5 Å². The average Bonchev–Trinajstić information content (AvgIpc) is 2.47. The van der Waals surface area contributed by atoms with E-state index in [0.717, 1.165) is 30.8 Å². The lowest BCUT2D eigenvalue weighted by Crippen LogP contribution is -2.41. The van der Waals surface area contributed by atoms with Gasteiger partial charge in [0.15, 0.2) is 0 Å². The molecule has 1 aliphatic heterocycles. The molecule has 1 aliphatic rings. The highest BCUT2D eigenvalue weighted by molar-refractivity contribution is 5.37. The topological polar surface area (TPSA) is 58.7 Å². The lowest BCUT2D eigenvalue weighted by Gasteiger charge is -2.34. The van der Waals surface area contributed by atoms with Gasteiger partial charge in [-0.2, -0.15) is 0 Å². The summed E-state index contributed by atoms with van der Waals surface area (Å²) < 4.78 is 5.37. The Hall–Kier alpha value is -1.10. The van der Waals surface area contributed by atoms with Crippen molar-refractivity contribution < 1.29 is 9.84 Å². The van der Waals surface area contributed by atoms with Crippen molar-refractivity contribution in [3.05, 3.63) is 29.3 Å². The SMILES string of the molecule is COc1cc(CN2CCCCC2CO)ccc1CN. The zero-order valence-corrected chi connectivity index (χ0v) is 11.6. The van der Waals surface area contributed by atoms with Crippen molar-refractivity contribution in [2.45, 2.75) is 38.4 Å². The maximum Gasteiger partial charge on any atom is 0.123 e. The normalized spacial score (nSPS) is 20.5. The Morgan fingerprint density at radius 1 is 1.42 bits per heavy atom. The van der Waals surface area contributed by atoms with Crippen molar-refractivity contribution in [1.82, 2.24) is 4.90 Å². The van der Waals surface area contributed by atoms with Crippen LogP contribution in [0.5, 0.6) is 5.75 Å². The molecule has 0 aromatic heterocycles. The molecule has 1 unspecified atom stereocenters. The third-order valence-electron chi connectivity index (χ3n) is 3.92. The number of hydrogen-bond acceptors (Lipinski definition) is 4. The number of aliphatic hydroxyl groups excluding tert-OH is 1. The highest BCUT2D eigenvalue weighted by Crippen LogP contribution is 2.23. The number of aliphatic hydroxyl groups is 1. The predicted molar refractivity (Wildman–Crippen MR) is 76.0 cm³/mol. The molecule has 1 heterocycles. The van der Waals surface area contributed by atoms with E-state index in [9.17, 15) is 5.11 Å². The van der Waals surface area contributed by atoms with Crippen molar-refractivity contribution in [2.75, 3.05) is 20.3 Å². The molecule has 1 aromatic carbocycles. The van der Waals surface area contributed by atoms with E-state index in [1.54, 1.807) is 7.11 Å². The van der Waals surface area contributed by atoms with Crippen molar-refractivity contribution in [2.24, 2.45) is 5.73 Å². The zero-order valence-electron chi connectivity index (χ0n) is 11.6. The molecule has 0 radical (unpaired) electrons. The second-order valence-electron chi connectivity index (χ2n) is 5.15. The van der Waals surface area contributed by atoms with Crippen LogP contribution in [-0.2, 0) is 13.1 Å². The number of hydrogen-bond donors (Lipinski definition) is 2. The molecular weight excluding hydrogens is 240 g/mol. The van der Waals surface area contributed by atoms with Gasteiger partial charge >= 0.3 is 0 Å². The third-order valence-corrected chi connectivity index (χ3v) is 3.92. The number of nitrogens with zero attached hydrogens (tertiary/aromatic N) is 1. The van der Waals surface area contributed by atoms with Crippen LogP contribution in [0.1, 0.15) is 30.4 Å². The molecule has 0 bridgehead atoms. The van der Waals surface area contributed by atoms with Gasteiger partial charge in [-0.25, -0.2) is 0 Å². The van der Waals surface area contributed by atoms with Gasteiger partial charge < -0.3 is 15.6 Å². The van der Waals surface area contributed by atoms with Crippen molar-refractivity contribution >= 4 is 0 Å². The number of rotatable bonds is 5. The van der Waals surface area contributed by atoms with Crippen molar-refractivity contribution in [3.8, 4) is 5.75 Å². The summed E-state index contributed by atoms with van der Waals surface area (Å²) in [5.41, 5.74) is 7.93. The fraction of sp³-hybridized carbons (Fsp3) is 0.600. The first kappa shape index (κ1) is 14.3. The van der Waals surface area contributed by atoms with Gasteiger partial charge in [0.2, 0.25) is 0 Å². The first-order chi connectivity index (χ1) is 9.28. The van der Waals surface area contributed by atoms with E-state index in [4.69, 9.17) is 10.5 Å². The summed E-state index contributed by atoms with van der Waals surface area (Å²) in [7, 11) is 1.68. The summed E-state index contributed by atoms with van der Waals surface area (Å²) in [6.45, 7) is 2.67. The van der Waals surface area contributed by atoms with Gasteiger partial charge in [-0.05, 0) is 31.0 Å². The molecule has 0 amide bonds. The lowest BCUT2D eigenvalue weighted by molar-refractivity contribution is 0.0841. The van der Waals surface area contributed by atoms with Gasteiger partial charge in [0, 0.05) is 24.7 Å². The Kier molecular flexibility index (Phi) is 5.19. The van der Waals surface area contributed by atoms with Gasteiger partial charge in [0.25, 0.3) is 0 Å². The smallest absolute Gasteiger partial charge is 0.123 e. The fourth-order valence-corrected chi connectivity index (χ4v) is 2.77.